The lowest BCUT2D eigenvalue weighted by molar-refractivity contribution is 0.0924. The Morgan fingerprint density at radius 1 is 1.44 bits per heavy atom. The zero-order valence-corrected chi connectivity index (χ0v) is 15.1. The quantitative estimate of drug-likeness (QED) is 0.766. The van der Waals surface area contributed by atoms with E-state index >= 15 is 0 Å². The number of benzene rings is 1. The van der Waals surface area contributed by atoms with E-state index in [1.165, 1.54) is 0 Å². The van der Waals surface area contributed by atoms with Gasteiger partial charge >= 0.3 is 0 Å². The van der Waals surface area contributed by atoms with E-state index in [-0.39, 0.29) is 5.91 Å². The predicted molar refractivity (Wildman–Crippen MR) is 101 cm³/mol. The smallest absolute Gasteiger partial charge is 0.256 e. The summed E-state index contributed by atoms with van der Waals surface area (Å²) in [6.45, 7) is 3.72. The van der Waals surface area contributed by atoms with Crippen molar-refractivity contribution in [2.45, 2.75) is 25.8 Å². The molecule has 2 N–H and O–H groups in total. The highest BCUT2D eigenvalue weighted by molar-refractivity contribution is 6.32. The number of terminal acetylenes is 1. The number of carbonyl (C=O) groups is 1. The van der Waals surface area contributed by atoms with E-state index in [2.05, 4.69) is 21.5 Å². The van der Waals surface area contributed by atoms with Crippen LogP contribution in [0.15, 0.2) is 36.5 Å². The molecule has 130 valence electrons. The Labute approximate surface area is 152 Å². The number of hydrogen-bond donors (Lipinski definition) is 2. The maximum atomic E-state index is 12.6. The third-order valence-electron chi connectivity index (χ3n) is 3.88. The number of ether oxygens (including phenoxy) is 1. The maximum absolute atomic E-state index is 12.6. The van der Waals surface area contributed by atoms with E-state index in [0.29, 0.717) is 34.3 Å². The second-order valence-corrected chi connectivity index (χ2v) is 6.07. The van der Waals surface area contributed by atoms with Crippen molar-refractivity contribution in [2.24, 2.45) is 0 Å². The molecule has 0 aliphatic heterocycles. The van der Waals surface area contributed by atoms with Crippen LogP contribution < -0.4 is 15.4 Å². The highest BCUT2D eigenvalue weighted by Crippen LogP contribution is 2.29. The molecular weight excluding hydrogens is 338 g/mol. The molecule has 0 radical (unpaired) electrons. The lowest BCUT2D eigenvalue weighted by atomic mass is 9.99. The van der Waals surface area contributed by atoms with Gasteiger partial charge in [-0.15, -0.1) is 6.42 Å². The average Bonchev–Trinajstić information content (AvgIpc) is 2.62. The van der Waals surface area contributed by atoms with Gasteiger partial charge in [0.1, 0.15) is 11.6 Å². The van der Waals surface area contributed by atoms with E-state index < -0.39 is 5.54 Å². The molecule has 2 rings (SSSR count). The van der Waals surface area contributed by atoms with Crippen LogP contribution in [-0.2, 0) is 0 Å². The molecule has 1 atom stereocenters. The van der Waals surface area contributed by atoms with Crippen LogP contribution in [-0.4, -0.2) is 23.5 Å². The van der Waals surface area contributed by atoms with Crippen molar-refractivity contribution in [2.75, 3.05) is 12.4 Å². The summed E-state index contributed by atoms with van der Waals surface area (Å²) in [6, 6.07) is 8.61. The van der Waals surface area contributed by atoms with Crippen molar-refractivity contribution in [1.29, 1.82) is 0 Å². The summed E-state index contributed by atoms with van der Waals surface area (Å²) in [5.74, 6) is 3.30. The molecule has 0 unspecified atom stereocenters. The van der Waals surface area contributed by atoms with Crippen molar-refractivity contribution < 1.29 is 9.53 Å². The molecular formula is C19H20ClN3O2. The number of anilines is 2. The van der Waals surface area contributed by atoms with Crippen LogP contribution in [0.4, 0.5) is 11.5 Å². The molecule has 5 nitrogen and oxygen atoms in total. The van der Waals surface area contributed by atoms with Gasteiger partial charge in [0.2, 0.25) is 0 Å². The summed E-state index contributed by atoms with van der Waals surface area (Å²) in [6.07, 6.45) is 7.75. The fourth-order valence-corrected chi connectivity index (χ4v) is 2.37. The Bertz CT molecular complexity index is 817. The SMILES string of the molecule is C#C[C@](C)(CC)NC(=O)c1cccnc1Nc1ccc(OC)c(Cl)c1. The molecule has 0 bridgehead atoms. The molecule has 6 heteroatoms. The monoisotopic (exact) mass is 357 g/mol. The zero-order chi connectivity index (χ0) is 18.4. The fraction of sp³-hybridized carbons (Fsp3) is 0.263. The van der Waals surface area contributed by atoms with E-state index in [0.717, 1.165) is 0 Å². The Balaban J connectivity index is 2.28. The predicted octanol–water partition coefficient (Wildman–Crippen LogP) is 4.02. The number of nitrogens with one attached hydrogen (secondary N) is 2. The topological polar surface area (TPSA) is 63.2 Å². The van der Waals surface area contributed by atoms with Gasteiger partial charge in [-0.2, -0.15) is 0 Å². The van der Waals surface area contributed by atoms with Crippen LogP contribution in [0.2, 0.25) is 5.02 Å². The lowest BCUT2D eigenvalue weighted by Gasteiger charge is -2.24. The third-order valence-corrected chi connectivity index (χ3v) is 4.18. The van der Waals surface area contributed by atoms with Crippen molar-refractivity contribution in [3.05, 3.63) is 47.1 Å². The van der Waals surface area contributed by atoms with Crippen LogP contribution in [0.3, 0.4) is 0 Å². The summed E-state index contributed by atoms with van der Waals surface area (Å²) in [4.78, 5) is 16.9. The Morgan fingerprint density at radius 2 is 2.20 bits per heavy atom. The standard InChI is InChI=1S/C19H20ClN3O2/c1-5-19(3,6-2)23-18(24)14-8-7-11-21-17(14)22-13-9-10-16(25-4)15(20)12-13/h1,7-12H,6H2,2-4H3,(H,21,22)(H,23,24)/t19-/m1/s1. The molecule has 0 fully saturated rings. The van der Waals surface area contributed by atoms with Gasteiger partial charge in [-0.1, -0.05) is 24.4 Å². The van der Waals surface area contributed by atoms with Crippen molar-refractivity contribution in [1.82, 2.24) is 10.3 Å². The minimum atomic E-state index is -0.715. The van der Waals surface area contributed by atoms with Crippen LogP contribution in [0, 0.1) is 12.3 Å². The number of methoxy groups -OCH3 is 1. The van der Waals surface area contributed by atoms with E-state index in [1.54, 1.807) is 50.6 Å². The molecule has 1 heterocycles. The molecule has 1 aromatic carbocycles. The number of halogens is 1. The number of pyridine rings is 1. The number of amides is 1. The molecule has 2 aromatic rings. The van der Waals surface area contributed by atoms with Gasteiger partial charge in [-0.05, 0) is 43.7 Å². The van der Waals surface area contributed by atoms with Gasteiger partial charge in [0.15, 0.2) is 0 Å². The first-order chi connectivity index (χ1) is 11.9. The number of rotatable bonds is 6. The first-order valence-electron chi connectivity index (χ1n) is 7.78. The van der Waals surface area contributed by atoms with Gasteiger partial charge < -0.3 is 15.4 Å². The van der Waals surface area contributed by atoms with Crippen molar-refractivity contribution in [3.63, 3.8) is 0 Å². The van der Waals surface area contributed by atoms with Crippen LogP contribution >= 0.6 is 11.6 Å². The van der Waals surface area contributed by atoms with Crippen LogP contribution in [0.5, 0.6) is 5.75 Å². The molecule has 0 saturated carbocycles. The zero-order valence-electron chi connectivity index (χ0n) is 14.4. The van der Waals surface area contributed by atoms with Gasteiger partial charge in [0.25, 0.3) is 5.91 Å². The molecule has 0 aliphatic rings. The van der Waals surface area contributed by atoms with Gasteiger partial charge in [0.05, 0.1) is 23.2 Å². The maximum Gasteiger partial charge on any atom is 0.256 e. The first-order valence-corrected chi connectivity index (χ1v) is 8.16. The summed E-state index contributed by atoms with van der Waals surface area (Å²) >= 11 is 6.14. The summed E-state index contributed by atoms with van der Waals surface area (Å²) in [7, 11) is 1.55. The number of carbonyl (C=O) groups excluding carboxylic acids is 1. The number of aromatic nitrogens is 1. The molecule has 0 saturated heterocycles. The van der Waals surface area contributed by atoms with Gasteiger partial charge in [-0.3, -0.25) is 4.79 Å². The summed E-state index contributed by atoms with van der Waals surface area (Å²) in [5, 5.41) is 6.43. The second kappa shape index (κ2) is 7.91. The molecule has 1 amide bonds. The Kier molecular flexibility index (Phi) is 5.89. The lowest BCUT2D eigenvalue weighted by Crippen LogP contribution is -2.44. The van der Waals surface area contributed by atoms with Crippen molar-refractivity contribution in [3.8, 4) is 18.1 Å². The highest BCUT2D eigenvalue weighted by Gasteiger charge is 2.23. The van der Waals surface area contributed by atoms with Crippen molar-refractivity contribution >= 4 is 29.0 Å². The molecule has 0 aliphatic carbocycles. The summed E-state index contributed by atoms with van der Waals surface area (Å²) < 4.78 is 5.13. The first kappa shape index (κ1) is 18.6. The minimum Gasteiger partial charge on any atom is -0.495 e. The van der Waals surface area contributed by atoms with Crippen LogP contribution in [0.25, 0.3) is 0 Å². The van der Waals surface area contributed by atoms with Gasteiger partial charge in [0, 0.05) is 11.9 Å². The number of hydrogen-bond acceptors (Lipinski definition) is 4. The highest BCUT2D eigenvalue weighted by atomic mass is 35.5. The average molecular weight is 358 g/mol. The fourth-order valence-electron chi connectivity index (χ4n) is 2.11. The van der Waals surface area contributed by atoms with E-state index in [1.807, 2.05) is 6.92 Å². The Hall–Kier alpha value is -2.71. The van der Waals surface area contributed by atoms with Gasteiger partial charge in [-0.25, -0.2) is 4.98 Å². The Morgan fingerprint density at radius 3 is 2.80 bits per heavy atom. The summed E-state index contributed by atoms with van der Waals surface area (Å²) in [5.41, 5.74) is 0.367. The van der Waals surface area contributed by atoms with Crippen LogP contribution in [0.1, 0.15) is 30.6 Å². The second-order valence-electron chi connectivity index (χ2n) is 5.66. The third kappa shape index (κ3) is 4.43. The van der Waals surface area contributed by atoms with E-state index in [4.69, 9.17) is 22.8 Å². The normalized spacial score (nSPS) is 12.6. The minimum absolute atomic E-state index is 0.294. The van der Waals surface area contributed by atoms with E-state index in [9.17, 15) is 4.79 Å². The molecule has 1 aromatic heterocycles. The molecule has 25 heavy (non-hydrogen) atoms. The molecule has 0 spiro atoms. The largest absolute Gasteiger partial charge is 0.495 e. The number of nitrogens with zero attached hydrogens (tertiary/aromatic N) is 1.